The third-order valence-electron chi connectivity index (χ3n) is 3.22. The second-order valence-electron chi connectivity index (χ2n) is 5.14. The van der Waals surface area contributed by atoms with E-state index >= 15 is 0 Å². The first-order valence-electron chi connectivity index (χ1n) is 7.29. The number of carbonyl (C=O) groups is 4. The number of anilines is 1. The standard InChI is InChI=1S/C15H17N5O4S/c1-20(14(24)6-17-12(22)5-16)7-13(23)19-15-18-10-3-2-9(8-21)4-11(10)25-15/h2-4,8H,5-7,16H2,1H3,(H,17,22)(H,18,19,23). The Labute approximate surface area is 147 Å². The Morgan fingerprint density at radius 3 is 2.76 bits per heavy atom. The first kappa shape index (κ1) is 18.5. The largest absolute Gasteiger partial charge is 0.346 e. The van der Waals surface area contributed by atoms with Gasteiger partial charge in [0.2, 0.25) is 17.7 Å². The number of benzene rings is 1. The molecular weight excluding hydrogens is 346 g/mol. The topological polar surface area (TPSA) is 134 Å². The SMILES string of the molecule is CN(CC(=O)Nc1nc2ccc(C=O)cc2s1)C(=O)CNC(=O)CN. The molecule has 1 aromatic heterocycles. The fourth-order valence-corrected chi connectivity index (χ4v) is 2.84. The van der Waals surface area contributed by atoms with Crippen LogP contribution in [-0.4, -0.2) is 60.6 Å². The number of amides is 3. The molecule has 0 bridgehead atoms. The van der Waals surface area contributed by atoms with Crippen LogP contribution in [0.4, 0.5) is 5.13 Å². The molecule has 132 valence electrons. The Morgan fingerprint density at radius 2 is 2.08 bits per heavy atom. The highest BCUT2D eigenvalue weighted by Crippen LogP contribution is 2.26. The molecule has 0 atom stereocenters. The van der Waals surface area contributed by atoms with Gasteiger partial charge in [0.05, 0.1) is 29.9 Å². The number of hydrogen-bond acceptors (Lipinski definition) is 7. The van der Waals surface area contributed by atoms with Gasteiger partial charge in [-0.2, -0.15) is 0 Å². The van der Waals surface area contributed by atoms with Gasteiger partial charge >= 0.3 is 0 Å². The molecule has 0 spiro atoms. The van der Waals surface area contributed by atoms with Crippen molar-refractivity contribution in [1.82, 2.24) is 15.2 Å². The number of hydrogen-bond donors (Lipinski definition) is 3. The predicted molar refractivity (Wildman–Crippen MR) is 93.3 cm³/mol. The third kappa shape index (κ3) is 5.06. The minimum absolute atomic E-state index is 0.188. The Kier molecular flexibility index (Phi) is 6.14. The molecule has 0 fully saturated rings. The zero-order valence-corrected chi connectivity index (χ0v) is 14.3. The Hall–Kier alpha value is -2.85. The highest BCUT2D eigenvalue weighted by molar-refractivity contribution is 7.22. The summed E-state index contributed by atoms with van der Waals surface area (Å²) in [5, 5.41) is 5.32. The molecule has 0 radical (unpaired) electrons. The van der Waals surface area contributed by atoms with Crippen molar-refractivity contribution in [3.63, 3.8) is 0 Å². The van der Waals surface area contributed by atoms with E-state index in [9.17, 15) is 19.2 Å². The maximum atomic E-state index is 12.0. The van der Waals surface area contributed by atoms with Gasteiger partial charge in [-0.25, -0.2) is 4.98 Å². The summed E-state index contributed by atoms with van der Waals surface area (Å²) in [6, 6.07) is 5.02. The molecule has 4 N–H and O–H groups in total. The summed E-state index contributed by atoms with van der Waals surface area (Å²) in [5.41, 5.74) is 6.32. The van der Waals surface area contributed by atoms with Gasteiger partial charge in [-0.1, -0.05) is 11.3 Å². The Morgan fingerprint density at radius 1 is 1.32 bits per heavy atom. The Bertz CT molecular complexity index is 819. The van der Waals surface area contributed by atoms with E-state index in [1.54, 1.807) is 18.2 Å². The number of nitrogens with two attached hydrogens (primary N) is 1. The number of thiazole rings is 1. The number of fused-ring (bicyclic) bond motifs is 1. The van der Waals surface area contributed by atoms with Crippen molar-refractivity contribution in [2.45, 2.75) is 0 Å². The molecule has 10 heteroatoms. The molecule has 0 saturated heterocycles. The van der Waals surface area contributed by atoms with Crippen LogP contribution in [0.1, 0.15) is 10.4 Å². The molecule has 0 aliphatic rings. The van der Waals surface area contributed by atoms with E-state index in [-0.39, 0.29) is 19.6 Å². The fraction of sp³-hybridized carbons (Fsp3) is 0.267. The van der Waals surface area contributed by atoms with Crippen molar-refractivity contribution in [3.05, 3.63) is 23.8 Å². The summed E-state index contributed by atoms with van der Waals surface area (Å²) in [5.74, 6) is -1.29. The second kappa shape index (κ2) is 8.31. The summed E-state index contributed by atoms with van der Waals surface area (Å²) in [4.78, 5) is 51.1. The van der Waals surface area contributed by atoms with Crippen molar-refractivity contribution in [1.29, 1.82) is 0 Å². The highest BCUT2D eigenvalue weighted by Gasteiger charge is 2.15. The minimum Gasteiger partial charge on any atom is -0.346 e. The third-order valence-corrected chi connectivity index (χ3v) is 4.16. The maximum absolute atomic E-state index is 12.0. The van der Waals surface area contributed by atoms with Gasteiger partial charge in [0.25, 0.3) is 0 Å². The lowest BCUT2D eigenvalue weighted by Gasteiger charge is -2.16. The van der Waals surface area contributed by atoms with Crippen molar-refractivity contribution in [3.8, 4) is 0 Å². The first-order chi connectivity index (χ1) is 11.9. The highest BCUT2D eigenvalue weighted by atomic mass is 32.1. The number of carbonyl (C=O) groups excluding carboxylic acids is 4. The molecule has 2 aromatic rings. The number of likely N-dealkylation sites (N-methyl/N-ethyl adjacent to an activating group) is 1. The summed E-state index contributed by atoms with van der Waals surface area (Å²) < 4.78 is 0.772. The molecule has 1 heterocycles. The van der Waals surface area contributed by atoms with Crippen LogP contribution >= 0.6 is 11.3 Å². The van der Waals surface area contributed by atoms with E-state index in [0.717, 1.165) is 11.0 Å². The van der Waals surface area contributed by atoms with Crippen molar-refractivity contribution in [2.75, 3.05) is 32.0 Å². The molecular formula is C15H17N5O4S. The molecule has 0 aliphatic carbocycles. The monoisotopic (exact) mass is 363 g/mol. The summed E-state index contributed by atoms with van der Waals surface area (Å²) in [7, 11) is 1.45. The van der Waals surface area contributed by atoms with Crippen LogP contribution in [0.2, 0.25) is 0 Å². The van der Waals surface area contributed by atoms with Gasteiger partial charge in [-0.15, -0.1) is 0 Å². The van der Waals surface area contributed by atoms with E-state index < -0.39 is 17.7 Å². The predicted octanol–water partition coefficient (Wildman–Crippen LogP) is -0.419. The number of nitrogens with zero attached hydrogens (tertiary/aromatic N) is 2. The van der Waals surface area contributed by atoms with Gasteiger partial charge < -0.3 is 21.3 Å². The fourth-order valence-electron chi connectivity index (χ4n) is 1.91. The number of aromatic nitrogens is 1. The zero-order valence-electron chi connectivity index (χ0n) is 13.4. The number of rotatable bonds is 7. The summed E-state index contributed by atoms with van der Waals surface area (Å²) >= 11 is 1.23. The molecule has 2 rings (SSSR count). The van der Waals surface area contributed by atoms with Crippen LogP contribution in [0.25, 0.3) is 10.2 Å². The van der Waals surface area contributed by atoms with Gasteiger partial charge in [0.1, 0.15) is 6.29 Å². The van der Waals surface area contributed by atoms with Crippen LogP contribution in [0, 0.1) is 0 Å². The van der Waals surface area contributed by atoms with Gasteiger partial charge in [-0.05, 0) is 18.2 Å². The zero-order chi connectivity index (χ0) is 18.4. The van der Waals surface area contributed by atoms with Crippen LogP contribution in [0.5, 0.6) is 0 Å². The van der Waals surface area contributed by atoms with Crippen LogP contribution in [0.3, 0.4) is 0 Å². The molecule has 3 amide bonds. The molecule has 0 saturated carbocycles. The van der Waals surface area contributed by atoms with Crippen LogP contribution in [-0.2, 0) is 14.4 Å². The summed E-state index contributed by atoms with van der Waals surface area (Å²) in [6.45, 7) is -0.622. The van der Waals surface area contributed by atoms with Crippen molar-refractivity contribution < 1.29 is 19.2 Å². The van der Waals surface area contributed by atoms with E-state index in [1.807, 2.05) is 0 Å². The van der Waals surface area contributed by atoms with Crippen LogP contribution < -0.4 is 16.4 Å². The average Bonchev–Trinajstić information content (AvgIpc) is 2.99. The minimum atomic E-state index is -0.449. The lowest BCUT2D eigenvalue weighted by molar-refractivity contribution is -0.134. The molecule has 1 aromatic carbocycles. The first-order valence-corrected chi connectivity index (χ1v) is 8.11. The van der Waals surface area contributed by atoms with E-state index in [2.05, 4.69) is 15.6 Å². The smallest absolute Gasteiger partial charge is 0.245 e. The lowest BCUT2D eigenvalue weighted by atomic mass is 10.2. The van der Waals surface area contributed by atoms with Crippen molar-refractivity contribution in [2.24, 2.45) is 5.73 Å². The van der Waals surface area contributed by atoms with Crippen LogP contribution in [0.15, 0.2) is 18.2 Å². The van der Waals surface area contributed by atoms with Gasteiger partial charge in [-0.3, -0.25) is 19.2 Å². The van der Waals surface area contributed by atoms with E-state index in [1.165, 1.54) is 23.3 Å². The molecule has 25 heavy (non-hydrogen) atoms. The van der Waals surface area contributed by atoms with Gasteiger partial charge in [0, 0.05) is 12.6 Å². The summed E-state index contributed by atoms with van der Waals surface area (Å²) in [6.07, 6.45) is 0.738. The molecule has 0 aliphatic heterocycles. The van der Waals surface area contributed by atoms with Gasteiger partial charge in [0.15, 0.2) is 5.13 Å². The van der Waals surface area contributed by atoms with E-state index in [0.29, 0.717) is 16.2 Å². The second-order valence-corrected chi connectivity index (χ2v) is 6.17. The molecule has 9 nitrogen and oxygen atoms in total. The molecule has 0 unspecified atom stereocenters. The normalized spacial score (nSPS) is 10.3. The number of nitrogens with one attached hydrogen (secondary N) is 2. The average molecular weight is 363 g/mol. The van der Waals surface area contributed by atoms with Crippen molar-refractivity contribution >= 4 is 50.7 Å². The number of aldehydes is 1. The lowest BCUT2D eigenvalue weighted by Crippen LogP contribution is -2.42. The Balaban J connectivity index is 1.92. The quantitative estimate of drug-likeness (QED) is 0.572. The van der Waals surface area contributed by atoms with E-state index in [4.69, 9.17) is 5.73 Å². The maximum Gasteiger partial charge on any atom is 0.245 e.